The van der Waals surface area contributed by atoms with Crippen LogP contribution in [0.4, 0.5) is 5.69 Å². The van der Waals surface area contributed by atoms with Gasteiger partial charge in [0.1, 0.15) is 0 Å². The van der Waals surface area contributed by atoms with Crippen LogP contribution in [0.2, 0.25) is 0 Å². The lowest BCUT2D eigenvalue weighted by atomic mass is 10.1. The third-order valence-corrected chi connectivity index (χ3v) is 3.98. The molecule has 1 fully saturated rings. The molecule has 0 aliphatic carbocycles. The van der Waals surface area contributed by atoms with E-state index in [-0.39, 0.29) is 5.78 Å². The Bertz CT molecular complexity index is 641. The summed E-state index contributed by atoms with van der Waals surface area (Å²) in [6.45, 7) is 2.24. The zero-order valence-corrected chi connectivity index (χ0v) is 12.6. The van der Waals surface area contributed by atoms with Crippen molar-refractivity contribution >= 4 is 17.5 Å². The van der Waals surface area contributed by atoms with Crippen LogP contribution in [0.1, 0.15) is 35.2 Å². The summed E-state index contributed by atoms with van der Waals surface area (Å²) in [7, 11) is 0. The van der Waals surface area contributed by atoms with Gasteiger partial charge in [-0.2, -0.15) is 0 Å². The van der Waals surface area contributed by atoms with Gasteiger partial charge in [-0.15, -0.1) is 0 Å². The number of carbonyl (C=O) groups is 1. The van der Waals surface area contributed by atoms with Crippen LogP contribution in [0.3, 0.4) is 0 Å². The Balaban J connectivity index is 1.67. The molecule has 1 aromatic carbocycles. The van der Waals surface area contributed by atoms with Gasteiger partial charge in [0, 0.05) is 36.7 Å². The molecule has 0 bridgehead atoms. The molecule has 0 unspecified atom stereocenters. The number of nitrogens with zero attached hydrogens (tertiary/aromatic N) is 2. The number of pyridine rings is 1. The fraction of sp³-hybridized carbons (Fsp3) is 0.263. The first-order chi connectivity index (χ1) is 10.8. The molecule has 1 aliphatic rings. The van der Waals surface area contributed by atoms with Crippen molar-refractivity contribution in [1.29, 1.82) is 0 Å². The van der Waals surface area contributed by atoms with Gasteiger partial charge >= 0.3 is 0 Å². The second-order valence-corrected chi connectivity index (χ2v) is 5.58. The van der Waals surface area contributed by atoms with Gasteiger partial charge in [-0.3, -0.25) is 9.78 Å². The fourth-order valence-electron chi connectivity index (χ4n) is 2.73. The first kappa shape index (κ1) is 14.5. The molecule has 0 radical (unpaired) electrons. The molecule has 3 nitrogen and oxygen atoms in total. The summed E-state index contributed by atoms with van der Waals surface area (Å²) in [5.74, 6) is 0.0223. The number of anilines is 1. The molecule has 1 aromatic heterocycles. The second kappa shape index (κ2) is 7.03. The maximum absolute atomic E-state index is 12.2. The minimum Gasteiger partial charge on any atom is -0.372 e. The van der Waals surface area contributed by atoms with Crippen LogP contribution in [-0.4, -0.2) is 23.9 Å². The summed E-state index contributed by atoms with van der Waals surface area (Å²) >= 11 is 0. The van der Waals surface area contributed by atoms with Gasteiger partial charge in [-0.05, 0) is 67.3 Å². The molecule has 1 saturated heterocycles. The number of rotatable bonds is 4. The number of piperidine rings is 1. The number of ketones is 1. The normalized spacial score (nSPS) is 15.2. The van der Waals surface area contributed by atoms with Gasteiger partial charge in [0.05, 0.1) is 0 Å². The van der Waals surface area contributed by atoms with Gasteiger partial charge in [-0.1, -0.05) is 6.07 Å². The van der Waals surface area contributed by atoms with Crippen molar-refractivity contribution in [2.75, 3.05) is 18.0 Å². The highest BCUT2D eigenvalue weighted by Gasteiger charge is 2.11. The van der Waals surface area contributed by atoms with Crippen molar-refractivity contribution in [2.24, 2.45) is 0 Å². The standard InChI is InChI=1S/C19H20N2O/c22-19(11-6-16-5-4-12-20-15-16)17-7-9-18(10-8-17)21-13-2-1-3-14-21/h4-12,15H,1-3,13-14H2. The Labute approximate surface area is 131 Å². The smallest absolute Gasteiger partial charge is 0.185 e. The lowest BCUT2D eigenvalue weighted by molar-refractivity contribution is 0.104. The van der Waals surface area contributed by atoms with Gasteiger partial charge < -0.3 is 4.90 Å². The fourth-order valence-corrected chi connectivity index (χ4v) is 2.73. The SMILES string of the molecule is O=C(C=Cc1cccnc1)c1ccc(N2CCCCC2)cc1. The quantitative estimate of drug-likeness (QED) is 0.631. The van der Waals surface area contributed by atoms with Crippen molar-refractivity contribution < 1.29 is 4.79 Å². The second-order valence-electron chi connectivity index (χ2n) is 5.58. The number of allylic oxidation sites excluding steroid dienone is 1. The van der Waals surface area contributed by atoms with E-state index in [4.69, 9.17) is 0 Å². The number of hydrogen-bond acceptors (Lipinski definition) is 3. The summed E-state index contributed by atoms with van der Waals surface area (Å²) in [5, 5.41) is 0. The van der Waals surface area contributed by atoms with Crippen LogP contribution in [-0.2, 0) is 0 Å². The molecule has 22 heavy (non-hydrogen) atoms. The highest BCUT2D eigenvalue weighted by atomic mass is 16.1. The summed E-state index contributed by atoms with van der Waals surface area (Å²) in [6.07, 6.45) is 10.7. The third-order valence-electron chi connectivity index (χ3n) is 3.98. The Morgan fingerprint density at radius 2 is 1.82 bits per heavy atom. The molecule has 0 amide bonds. The van der Waals surface area contributed by atoms with Gasteiger partial charge in [0.2, 0.25) is 0 Å². The molecule has 3 rings (SSSR count). The van der Waals surface area contributed by atoms with Crippen LogP contribution >= 0.6 is 0 Å². The van der Waals surface area contributed by atoms with E-state index in [1.165, 1.54) is 24.9 Å². The molecular formula is C19H20N2O. The predicted molar refractivity (Wildman–Crippen MR) is 90.1 cm³/mol. The van der Waals surface area contributed by atoms with Crippen molar-refractivity contribution in [3.8, 4) is 0 Å². The summed E-state index contributed by atoms with van der Waals surface area (Å²) in [4.78, 5) is 18.6. The Morgan fingerprint density at radius 3 is 2.50 bits per heavy atom. The molecule has 3 heteroatoms. The summed E-state index contributed by atoms with van der Waals surface area (Å²) in [5.41, 5.74) is 2.87. The van der Waals surface area contributed by atoms with E-state index in [9.17, 15) is 4.79 Å². The first-order valence-corrected chi connectivity index (χ1v) is 7.80. The van der Waals surface area contributed by atoms with Crippen LogP contribution < -0.4 is 4.90 Å². The minimum atomic E-state index is 0.0223. The third kappa shape index (κ3) is 3.61. The molecule has 2 heterocycles. The van der Waals surface area contributed by atoms with Crippen molar-refractivity contribution in [2.45, 2.75) is 19.3 Å². The monoisotopic (exact) mass is 292 g/mol. The van der Waals surface area contributed by atoms with Crippen molar-refractivity contribution in [1.82, 2.24) is 4.98 Å². The molecule has 112 valence electrons. The van der Waals surface area contributed by atoms with E-state index in [0.717, 1.165) is 24.2 Å². The van der Waals surface area contributed by atoms with E-state index >= 15 is 0 Å². The molecule has 2 aromatic rings. The highest BCUT2D eigenvalue weighted by Crippen LogP contribution is 2.20. The number of aromatic nitrogens is 1. The minimum absolute atomic E-state index is 0.0223. The van der Waals surface area contributed by atoms with E-state index in [1.54, 1.807) is 24.5 Å². The van der Waals surface area contributed by atoms with Crippen LogP contribution in [0.15, 0.2) is 54.9 Å². The number of hydrogen-bond donors (Lipinski definition) is 0. The lowest BCUT2D eigenvalue weighted by Gasteiger charge is -2.28. The van der Waals surface area contributed by atoms with Crippen molar-refractivity contribution in [3.05, 3.63) is 66.0 Å². The largest absolute Gasteiger partial charge is 0.372 e. The topological polar surface area (TPSA) is 33.2 Å². The Hall–Kier alpha value is -2.42. The molecule has 0 N–H and O–H groups in total. The van der Waals surface area contributed by atoms with Gasteiger partial charge in [-0.25, -0.2) is 0 Å². The highest BCUT2D eigenvalue weighted by molar-refractivity contribution is 6.06. The van der Waals surface area contributed by atoms with E-state index in [0.29, 0.717) is 0 Å². The van der Waals surface area contributed by atoms with Crippen LogP contribution in [0.25, 0.3) is 6.08 Å². The van der Waals surface area contributed by atoms with Crippen LogP contribution in [0.5, 0.6) is 0 Å². The van der Waals surface area contributed by atoms with Crippen molar-refractivity contribution in [3.63, 3.8) is 0 Å². The van der Waals surface area contributed by atoms with E-state index in [1.807, 2.05) is 24.3 Å². The average molecular weight is 292 g/mol. The molecule has 0 spiro atoms. The number of benzene rings is 1. The molecule has 0 atom stereocenters. The predicted octanol–water partition coefficient (Wildman–Crippen LogP) is 3.97. The van der Waals surface area contributed by atoms with Gasteiger partial charge in [0.25, 0.3) is 0 Å². The lowest BCUT2D eigenvalue weighted by Crippen LogP contribution is -2.29. The Kier molecular flexibility index (Phi) is 4.64. The average Bonchev–Trinajstić information content (AvgIpc) is 2.61. The van der Waals surface area contributed by atoms with E-state index in [2.05, 4.69) is 22.0 Å². The van der Waals surface area contributed by atoms with Crippen LogP contribution in [0, 0.1) is 0 Å². The van der Waals surface area contributed by atoms with E-state index < -0.39 is 0 Å². The Morgan fingerprint density at radius 1 is 1.05 bits per heavy atom. The zero-order chi connectivity index (χ0) is 15.2. The van der Waals surface area contributed by atoms with Gasteiger partial charge in [0.15, 0.2) is 5.78 Å². The first-order valence-electron chi connectivity index (χ1n) is 7.80. The maximum atomic E-state index is 12.2. The molecule has 0 saturated carbocycles. The summed E-state index contributed by atoms with van der Waals surface area (Å²) in [6, 6.07) is 11.7. The maximum Gasteiger partial charge on any atom is 0.185 e. The zero-order valence-electron chi connectivity index (χ0n) is 12.6. The number of carbonyl (C=O) groups excluding carboxylic acids is 1. The molecular weight excluding hydrogens is 272 g/mol. The molecule has 1 aliphatic heterocycles. The summed E-state index contributed by atoms with van der Waals surface area (Å²) < 4.78 is 0.